The van der Waals surface area contributed by atoms with Crippen molar-refractivity contribution in [1.29, 1.82) is 0 Å². The molecule has 128 valence electrons. The van der Waals surface area contributed by atoms with Gasteiger partial charge in [-0.1, -0.05) is 42.1 Å². The average molecular weight is 372 g/mol. The molecular formula is C17H16N4O2S2. The summed E-state index contributed by atoms with van der Waals surface area (Å²) in [4.78, 5) is 22.9. The van der Waals surface area contributed by atoms with Crippen LogP contribution in [0.25, 0.3) is 21.5 Å². The van der Waals surface area contributed by atoms with Gasteiger partial charge in [-0.15, -0.1) is 0 Å². The Hall–Kier alpha value is -2.03. The van der Waals surface area contributed by atoms with Gasteiger partial charge in [0, 0.05) is 18.7 Å². The molecule has 1 aliphatic rings. The van der Waals surface area contributed by atoms with Crippen molar-refractivity contribution in [2.45, 2.75) is 5.03 Å². The third-order valence-corrected chi connectivity index (χ3v) is 5.91. The molecule has 0 saturated carbocycles. The minimum Gasteiger partial charge on any atom is -0.378 e. The number of amides is 1. The van der Waals surface area contributed by atoms with Gasteiger partial charge in [-0.05, 0) is 11.5 Å². The molecule has 3 aromatic rings. The number of rotatable bonds is 4. The third-order valence-electron chi connectivity index (χ3n) is 3.97. The SMILES string of the molecule is O=C(CSc1ncnc2c(-c3ccccc3)nsc12)N1CCOCC1. The standard InChI is InChI=1S/C17H16N4O2S2/c22-13(21-6-8-23-9-7-21)10-24-17-16-15(18-11-19-17)14(20-25-16)12-4-2-1-3-5-12/h1-5,11H,6-10H2. The quantitative estimate of drug-likeness (QED) is 0.518. The summed E-state index contributed by atoms with van der Waals surface area (Å²) >= 11 is 2.83. The van der Waals surface area contributed by atoms with Crippen LogP contribution in [-0.2, 0) is 9.53 Å². The molecule has 1 amide bonds. The van der Waals surface area contributed by atoms with E-state index in [1.54, 1.807) is 6.33 Å². The fourth-order valence-corrected chi connectivity index (χ4v) is 4.49. The van der Waals surface area contributed by atoms with Crippen molar-refractivity contribution in [3.8, 4) is 11.3 Å². The summed E-state index contributed by atoms with van der Waals surface area (Å²) in [6.07, 6.45) is 1.55. The number of morpholine rings is 1. The van der Waals surface area contributed by atoms with Gasteiger partial charge in [0.05, 0.1) is 19.0 Å². The smallest absolute Gasteiger partial charge is 0.233 e. The number of aromatic nitrogens is 3. The molecule has 0 N–H and O–H groups in total. The van der Waals surface area contributed by atoms with Crippen molar-refractivity contribution in [3.05, 3.63) is 36.7 Å². The highest BCUT2D eigenvalue weighted by Gasteiger charge is 2.19. The second-order valence-corrected chi connectivity index (χ2v) is 7.27. The van der Waals surface area contributed by atoms with E-state index in [-0.39, 0.29) is 5.91 Å². The predicted octanol–water partition coefficient (Wildman–Crippen LogP) is 2.70. The Bertz CT molecular complexity index is 879. The normalized spacial score (nSPS) is 14.8. The molecule has 1 saturated heterocycles. The Labute approximate surface area is 153 Å². The van der Waals surface area contributed by atoms with E-state index in [9.17, 15) is 4.79 Å². The molecule has 0 bridgehead atoms. The maximum absolute atomic E-state index is 12.3. The zero-order valence-corrected chi connectivity index (χ0v) is 15.1. The lowest BCUT2D eigenvalue weighted by molar-refractivity contribution is -0.132. The van der Waals surface area contributed by atoms with Crippen molar-refractivity contribution in [2.24, 2.45) is 0 Å². The molecule has 0 spiro atoms. The van der Waals surface area contributed by atoms with E-state index in [4.69, 9.17) is 4.74 Å². The molecule has 2 aromatic heterocycles. The molecule has 8 heteroatoms. The first kappa shape index (κ1) is 16.4. The molecular weight excluding hydrogens is 356 g/mol. The fraction of sp³-hybridized carbons (Fsp3) is 0.294. The third kappa shape index (κ3) is 3.51. The van der Waals surface area contributed by atoms with Crippen molar-refractivity contribution in [3.63, 3.8) is 0 Å². The Kier molecular flexibility index (Phi) is 4.91. The van der Waals surface area contributed by atoms with E-state index >= 15 is 0 Å². The van der Waals surface area contributed by atoms with E-state index in [0.717, 1.165) is 26.5 Å². The van der Waals surface area contributed by atoms with Crippen LogP contribution in [0.4, 0.5) is 0 Å². The Morgan fingerprint density at radius 1 is 1.20 bits per heavy atom. The number of carbonyl (C=O) groups excluding carboxylic acids is 1. The summed E-state index contributed by atoms with van der Waals surface area (Å²) in [6, 6.07) is 9.99. The van der Waals surface area contributed by atoms with Gasteiger partial charge in [0.15, 0.2) is 0 Å². The fourth-order valence-electron chi connectivity index (χ4n) is 2.67. The van der Waals surface area contributed by atoms with Gasteiger partial charge in [-0.3, -0.25) is 4.79 Å². The molecule has 1 aromatic carbocycles. The Morgan fingerprint density at radius 2 is 2.00 bits per heavy atom. The number of carbonyl (C=O) groups is 1. The number of hydrogen-bond acceptors (Lipinski definition) is 7. The van der Waals surface area contributed by atoms with Crippen LogP contribution in [0, 0.1) is 0 Å². The first-order chi connectivity index (χ1) is 12.3. The molecule has 1 fully saturated rings. The number of ether oxygens (including phenoxy) is 1. The lowest BCUT2D eigenvalue weighted by atomic mass is 10.1. The molecule has 6 nitrogen and oxygen atoms in total. The minimum absolute atomic E-state index is 0.118. The average Bonchev–Trinajstić information content (AvgIpc) is 3.12. The minimum atomic E-state index is 0.118. The van der Waals surface area contributed by atoms with Crippen molar-refractivity contribution < 1.29 is 9.53 Å². The molecule has 4 rings (SSSR count). The van der Waals surface area contributed by atoms with Crippen LogP contribution in [0.5, 0.6) is 0 Å². The summed E-state index contributed by atoms with van der Waals surface area (Å²) in [5.74, 6) is 0.484. The van der Waals surface area contributed by atoms with E-state index in [1.807, 2.05) is 35.2 Å². The highest BCUT2D eigenvalue weighted by atomic mass is 32.2. The predicted molar refractivity (Wildman–Crippen MR) is 98.8 cm³/mol. The first-order valence-electron chi connectivity index (χ1n) is 7.97. The van der Waals surface area contributed by atoms with Gasteiger partial charge in [-0.25, -0.2) is 9.97 Å². The molecule has 0 aliphatic carbocycles. The van der Waals surface area contributed by atoms with Crippen LogP contribution in [0.15, 0.2) is 41.7 Å². The van der Waals surface area contributed by atoms with E-state index < -0.39 is 0 Å². The first-order valence-corrected chi connectivity index (χ1v) is 9.73. The van der Waals surface area contributed by atoms with Crippen LogP contribution in [0.3, 0.4) is 0 Å². The topological polar surface area (TPSA) is 68.2 Å². The highest BCUT2D eigenvalue weighted by Crippen LogP contribution is 2.34. The second kappa shape index (κ2) is 7.47. The molecule has 25 heavy (non-hydrogen) atoms. The van der Waals surface area contributed by atoms with Crippen LogP contribution in [-0.4, -0.2) is 57.2 Å². The van der Waals surface area contributed by atoms with Gasteiger partial charge in [0.1, 0.15) is 27.3 Å². The van der Waals surface area contributed by atoms with Crippen molar-refractivity contribution >= 4 is 39.4 Å². The van der Waals surface area contributed by atoms with Gasteiger partial charge >= 0.3 is 0 Å². The largest absolute Gasteiger partial charge is 0.378 e. The maximum atomic E-state index is 12.3. The highest BCUT2D eigenvalue weighted by molar-refractivity contribution is 8.00. The van der Waals surface area contributed by atoms with Gasteiger partial charge in [0.2, 0.25) is 5.91 Å². The van der Waals surface area contributed by atoms with E-state index in [0.29, 0.717) is 32.1 Å². The molecule has 0 radical (unpaired) electrons. The summed E-state index contributed by atoms with van der Waals surface area (Å²) in [5.41, 5.74) is 2.74. The zero-order chi connectivity index (χ0) is 17.1. The zero-order valence-electron chi connectivity index (χ0n) is 13.4. The van der Waals surface area contributed by atoms with Crippen molar-refractivity contribution in [2.75, 3.05) is 32.1 Å². The lowest BCUT2D eigenvalue weighted by Crippen LogP contribution is -2.41. The van der Waals surface area contributed by atoms with Gasteiger partial charge < -0.3 is 9.64 Å². The summed E-state index contributed by atoms with van der Waals surface area (Å²) in [6.45, 7) is 2.56. The number of nitrogens with zero attached hydrogens (tertiary/aromatic N) is 4. The molecule has 1 aliphatic heterocycles. The van der Waals surface area contributed by atoms with Crippen LogP contribution in [0.2, 0.25) is 0 Å². The number of thioether (sulfide) groups is 1. The number of fused-ring (bicyclic) bond motifs is 1. The lowest BCUT2D eigenvalue weighted by Gasteiger charge is -2.26. The van der Waals surface area contributed by atoms with Crippen molar-refractivity contribution in [1.82, 2.24) is 19.2 Å². The summed E-state index contributed by atoms with van der Waals surface area (Å²) in [5, 5.41) is 0.811. The Morgan fingerprint density at radius 3 is 2.80 bits per heavy atom. The van der Waals surface area contributed by atoms with Crippen LogP contribution in [0.1, 0.15) is 0 Å². The van der Waals surface area contributed by atoms with Crippen LogP contribution >= 0.6 is 23.3 Å². The van der Waals surface area contributed by atoms with Gasteiger partial charge in [-0.2, -0.15) is 4.37 Å². The van der Waals surface area contributed by atoms with E-state index in [1.165, 1.54) is 23.3 Å². The van der Waals surface area contributed by atoms with Gasteiger partial charge in [0.25, 0.3) is 0 Å². The molecule has 0 unspecified atom stereocenters. The molecule has 3 heterocycles. The second-order valence-electron chi connectivity index (χ2n) is 5.54. The number of benzene rings is 1. The number of hydrogen-bond donors (Lipinski definition) is 0. The summed E-state index contributed by atoms with van der Waals surface area (Å²) < 4.78 is 10.8. The van der Waals surface area contributed by atoms with Crippen LogP contribution < -0.4 is 0 Å². The van der Waals surface area contributed by atoms with E-state index in [2.05, 4.69) is 14.3 Å². The molecule has 0 atom stereocenters. The summed E-state index contributed by atoms with van der Waals surface area (Å²) in [7, 11) is 0. The monoisotopic (exact) mass is 372 g/mol. The maximum Gasteiger partial charge on any atom is 0.233 e. The Balaban J connectivity index is 1.54.